The van der Waals surface area contributed by atoms with Gasteiger partial charge in [-0.25, -0.2) is 0 Å². The molecule has 0 radical (unpaired) electrons. The molecule has 1 aromatic rings. The molecule has 1 N–H and O–H groups in total. The maximum atomic E-state index is 5.81. The van der Waals surface area contributed by atoms with E-state index in [1.165, 1.54) is 18.4 Å². The van der Waals surface area contributed by atoms with Gasteiger partial charge in [-0.2, -0.15) is 0 Å². The van der Waals surface area contributed by atoms with Gasteiger partial charge in [-0.05, 0) is 31.4 Å². The molecular formula is C16H25NO. The van der Waals surface area contributed by atoms with Crippen LogP contribution in [0.3, 0.4) is 0 Å². The first kappa shape index (κ1) is 14.8. The fraction of sp³-hybridized carbons (Fsp3) is 0.500. The zero-order valence-corrected chi connectivity index (χ0v) is 11.6. The van der Waals surface area contributed by atoms with Crippen molar-refractivity contribution in [1.29, 1.82) is 0 Å². The Kier molecular flexibility index (Phi) is 7.19. The van der Waals surface area contributed by atoms with E-state index in [1.54, 1.807) is 0 Å². The highest BCUT2D eigenvalue weighted by molar-refractivity contribution is 5.34. The number of benzene rings is 1. The summed E-state index contributed by atoms with van der Waals surface area (Å²) in [6.45, 7) is 9.80. The molecule has 2 heteroatoms. The molecule has 0 amide bonds. The number of hydrogen-bond donors (Lipinski definition) is 1. The van der Waals surface area contributed by atoms with Gasteiger partial charge in [0.15, 0.2) is 0 Å². The van der Waals surface area contributed by atoms with E-state index in [4.69, 9.17) is 4.74 Å². The van der Waals surface area contributed by atoms with Crippen molar-refractivity contribution in [2.24, 2.45) is 0 Å². The number of rotatable bonds is 9. The smallest absolute Gasteiger partial charge is 0.122 e. The number of allylic oxidation sites excluding steroid dienone is 1. The van der Waals surface area contributed by atoms with E-state index in [9.17, 15) is 0 Å². The minimum Gasteiger partial charge on any atom is -0.492 e. The normalized spacial score (nSPS) is 12.1. The summed E-state index contributed by atoms with van der Waals surface area (Å²) in [4.78, 5) is 0. The van der Waals surface area contributed by atoms with Crippen LogP contribution in [0, 0.1) is 0 Å². The van der Waals surface area contributed by atoms with E-state index in [2.05, 4.69) is 31.8 Å². The second kappa shape index (κ2) is 8.76. The fourth-order valence-corrected chi connectivity index (χ4v) is 1.97. The summed E-state index contributed by atoms with van der Waals surface area (Å²) in [5.41, 5.74) is 1.20. The summed E-state index contributed by atoms with van der Waals surface area (Å²) in [6, 6.07) is 8.72. The van der Waals surface area contributed by atoms with Crippen LogP contribution < -0.4 is 10.1 Å². The fourth-order valence-electron chi connectivity index (χ4n) is 1.97. The Morgan fingerprint density at radius 1 is 1.39 bits per heavy atom. The third-order valence-corrected chi connectivity index (χ3v) is 2.91. The standard InChI is InChI=1S/C16H25NO/c1-4-8-14(3)17-12-13-18-16-11-7-6-10-15(16)9-5-2/h5-7,10-11,14,17H,2,4,8-9,12-13H2,1,3H3. The predicted molar refractivity (Wildman–Crippen MR) is 78.2 cm³/mol. The first-order valence-corrected chi connectivity index (χ1v) is 6.83. The lowest BCUT2D eigenvalue weighted by atomic mass is 10.1. The van der Waals surface area contributed by atoms with Crippen molar-refractivity contribution in [1.82, 2.24) is 5.32 Å². The van der Waals surface area contributed by atoms with E-state index in [0.717, 1.165) is 18.7 Å². The van der Waals surface area contributed by atoms with Gasteiger partial charge in [0, 0.05) is 12.6 Å². The summed E-state index contributed by atoms with van der Waals surface area (Å²) in [7, 11) is 0. The molecular weight excluding hydrogens is 222 g/mol. The maximum absolute atomic E-state index is 5.81. The molecule has 1 aromatic carbocycles. The molecule has 0 aromatic heterocycles. The molecule has 0 saturated carbocycles. The zero-order chi connectivity index (χ0) is 13.2. The van der Waals surface area contributed by atoms with Crippen LogP contribution in [0.25, 0.3) is 0 Å². The molecule has 1 rings (SSSR count). The molecule has 0 aliphatic heterocycles. The number of para-hydroxylation sites is 1. The van der Waals surface area contributed by atoms with Crippen LogP contribution in [0.15, 0.2) is 36.9 Å². The summed E-state index contributed by atoms with van der Waals surface area (Å²) in [5, 5.41) is 3.46. The summed E-state index contributed by atoms with van der Waals surface area (Å²) in [5.74, 6) is 0.974. The van der Waals surface area contributed by atoms with Crippen LogP contribution in [0.1, 0.15) is 32.3 Å². The minimum absolute atomic E-state index is 0.571. The van der Waals surface area contributed by atoms with Crippen molar-refractivity contribution in [3.05, 3.63) is 42.5 Å². The van der Waals surface area contributed by atoms with Crippen molar-refractivity contribution in [3.63, 3.8) is 0 Å². The van der Waals surface area contributed by atoms with Crippen molar-refractivity contribution < 1.29 is 4.74 Å². The van der Waals surface area contributed by atoms with E-state index in [1.807, 2.05) is 24.3 Å². The van der Waals surface area contributed by atoms with Gasteiger partial charge in [-0.3, -0.25) is 0 Å². The van der Waals surface area contributed by atoms with E-state index in [-0.39, 0.29) is 0 Å². The molecule has 18 heavy (non-hydrogen) atoms. The number of ether oxygens (including phenoxy) is 1. The van der Waals surface area contributed by atoms with Crippen molar-refractivity contribution in [3.8, 4) is 5.75 Å². The highest BCUT2D eigenvalue weighted by Gasteiger charge is 2.02. The molecule has 1 atom stereocenters. The molecule has 0 aliphatic carbocycles. The Labute approximate surface area is 111 Å². The lowest BCUT2D eigenvalue weighted by Gasteiger charge is -2.14. The maximum Gasteiger partial charge on any atom is 0.122 e. The van der Waals surface area contributed by atoms with Crippen LogP contribution in [0.2, 0.25) is 0 Å². The first-order chi connectivity index (χ1) is 8.77. The zero-order valence-electron chi connectivity index (χ0n) is 11.6. The third kappa shape index (κ3) is 5.37. The molecule has 0 aliphatic rings. The van der Waals surface area contributed by atoms with E-state index < -0.39 is 0 Å². The molecule has 0 heterocycles. The average molecular weight is 247 g/mol. The van der Waals surface area contributed by atoms with Crippen LogP contribution in [0.5, 0.6) is 5.75 Å². The van der Waals surface area contributed by atoms with Crippen LogP contribution in [-0.2, 0) is 6.42 Å². The molecule has 0 spiro atoms. The van der Waals surface area contributed by atoms with Gasteiger partial charge >= 0.3 is 0 Å². The number of nitrogens with one attached hydrogen (secondary N) is 1. The largest absolute Gasteiger partial charge is 0.492 e. The van der Waals surface area contributed by atoms with Gasteiger partial charge in [0.05, 0.1) is 0 Å². The summed E-state index contributed by atoms with van der Waals surface area (Å²) >= 11 is 0. The molecule has 1 unspecified atom stereocenters. The lowest BCUT2D eigenvalue weighted by molar-refractivity contribution is 0.302. The molecule has 0 bridgehead atoms. The second-order valence-corrected chi connectivity index (χ2v) is 4.59. The van der Waals surface area contributed by atoms with Crippen molar-refractivity contribution in [2.75, 3.05) is 13.2 Å². The Morgan fingerprint density at radius 2 is 2.17 bits per heavy atom. The highest BCUT2D eigenvalue weighted by Crippen LogP contribution is 2.18. The summed E-state index contributed by atoms with van der Waals surface area (Å²) in [6.07, 6.45) is 5.20. The second-order valence-electron chi connectivity index (χ2n) is 4.59. The Balaban J connectivity index is 2.32. The summed E-state index contributed by atoms with van der Waals surface area (Å²) < 4.78 is 5.81. The third-order valence-electron chi connectivity index (χ3n) is 2.91. The molecule has 2 nitrogen and oxygen atoms in total. The number of hydrogen-bond acceptors (Lipinski definition) is 2. The molecule has 0 saturated heterocycles. The van der Waals surface area contributed by atoms with Crippen LogP contribution in [-0.4, -0.2) is 19.2 Å². The quantitative estimate of drug-likeness (QED) is 0.532. The molecule has 100 valence electrons. The van der Waals surface area contributed by atoms with Gasteiger partial charge < -0.3 is 10.1 Å². The minimum atomic E-state index is 0.571. The molecule has 0 fully saturated rings. The predicted octanol–water partition coefficient (Wildman–Crippen LogP) is 3.57. The Morgan fingerprint density at radius 3 is 2.89 bits per heavy atom. The Hall–Kier alpha value is -1.28. The van der Waals surface area contributed by atoms with Gasteiger partial charge in [0.2, 0.25) is 0 Å². The van der Waals surface area contributed by atoms with Crippen LogP contribution in [0.4, 0.5) is 0 Å². The van der Waals surface area contributed by atoms with Gasteiger partial charge in [0.25, 0.3) is 0 Å². The first-order valence-electron chi connectivity index (χ1n) is 6.83. The Bertz CT molecular complexity index is 349. The van der Waals surface area contributed by atoms with Gasteiger partial charge in [0.1, 0.15) is 12.4 Å². The van der Waals surface area contributed by atoms with Crippen molar-refractivity contribution in [2.45, 2.75) is 39.2 Å². The topological polar surface area (TPSA) is 21.3 Å². The van der Waals surface area contributed by atoms with Gasteiger partial charge in [-0.1, -0.05) is 37.6 Å². The van der Waals surface area contributed by atoms with Crippen LogP contribution >= 0.6 is 0 Å². The SMILES string of the molecule is C=CCc1ccccc1OCCNC(C)CCC. The van der Waals surface area contributed by atoms with Gasteiger partial charge in [-0.15, -0.1) is 6.58 Å². The van der Waals surface area contributed by atoms with E-state index in [0.29, 0.717) is 12.6 Å². The monoisotopic (exact) mass is 247 g/mol. The average Bonchev–Trinajstić information content (AvgIpc) is 2.37. The van der Waals surface area contributed by atoms with Crippen molar-refractivity contribution >= 4 is 0 Å². The van der Waals surface area contributed by atoms with E-state index >= 15 is 0 Å². The highest BCUT2D eigenvalue weighted by atomic mass is 16.5. The lowest BCUT2D eigenvalue weighted by Crippen LogP contribution is -2.30.